The van der Waals surface area contributed by atoms with Crippen LogP contribution in [0.2, 0.25) is 0 Å². The Labute approximate surface area is 115 Å². The number of hydrogen-bond donors (Lipinski definition) is 1. The summed E-state index contributed by atoms with van der Waals surface area (Å²) in [4.78, 5) is 0. The fourth-order valence-corrected chi connectivity index (χ4v) is 3.26. The molecule has 2 heterocycles. The summed E-state index contributed by atoms with van der Waals surface area (Å²) in [7, 11) is 0. The highest BCUT2D eigenvalue weighted by Gasteiger charge is 2.41. The number of hydrogen-bond acceptors (Lipinski definition) is 3. The van der Waals surface area contributed by atoms with E-state index in [4.69, 9.17) is 4.74 Å². The lowest BCUT2D eigenvalue weighted by molar-refractivity contribution is 0.0598. The summed E-state index contributed by atoms with van der Waals surface area (Å²) >= 11 is 1.79. The van der Waals surface area contributed by atoms with Gasteiger partial charge in [0.15, 0.2) is 0 Å². The molecule has 2 nitrogen and oxygen atoms in total. The molecule has 0 aliphatic carbocycles. The molecule has 1 aliphatic heterocycles. The zero-order valence-electron chi connectivity index (χ0n) is 12.0. The van der Waals surface area contributed by atoms with Gasteiger partial charge in [-0.25, -0.2) is 0 Å². The lowest BCUT2D eigenvalue weighted by Crippen LogP contribution is -2.47. The second-order valence-electron chi connectivity index (χ2n) is 6.54. The molecule has 0 bridgehead atoms. The molecule has 1 saturated heterocycles. The molecule has 0 spiro atoms. The molecule has 1 aromatic heterocycles. The molecular weight excluding hydrogens is 242 g/mol. The minimum absolute atomic E-state index is 0.171. The molecule has 0 radical (unpaired) electrons. The maximum Gasteiger partial charge on any atom is 0.0619 e. The van der Waals surface area contributed by atoms with Gasteiger partial charge in [-0.2, -0.15) is 11.3 Å². The molecule has 3 heteroatoms. The van der Waals surface area contributed by atoms with Crippen LogP contribution in [-0.2, 0) is 11.2 Å². The van der Waals surface area contributed by atoms with Crippen LogP contribution in [0.25, 0.3) is 0 Å². The fraction of sp³-hybridized carbons (Fsp3) is 0.733. The lowest BCUT2D eigenvalue weighted by Gasteiger charge is -2.35. The summed E-state index contributed by atoms with van der Waals surface area (Å²) in [6, 6.07) is 2.24. The molecule has 1 fully saturated rings. The summed E-state index contributed by atoms with van der Waals surface area (Å²) in [5, 5.41) is 8.11. The third-order valence-electron chi connectivity index (χ3n) is 3.94. The van der Waals surface area contributed by atoms with Crippen LogP contribution in [0.1, 0.15) is 39.7 Å². The fourth-order valence-electron chi connectivity index (χ4n) is 2.59. The Bertz CT molecular complexity index is 368. The average Bonchev–Trinajstić information content (AvgIpc) is 2.87. The van der Waals surface area contributed by atoms with Crippen molar-refractivity contribution in [3.63, 3.8) is 0 Å². The summed E-state index contributed by atoms with van der Waals surface area (Å²) < 4.78 is 5.85. The van der Waals surface area contributed by atoms with Gasteiger partial charge < -0.3 is 10.1 Å². The summed E-state index contributed by atoms with van der Waals surface area (Å²) in [6.07, 6.45) is 2.63. The minimum Gasteiger partial charge on any atom is -0.378 e. The maximum absolute atomic E-state index is 5.85. The largest absolute Gasteiger partial charge is 0.378 e. The Morgan fingerprint density at radius 2 is 2.28 bits per heavy atom. The Kier molecular flexibility index (Phi) is 4.15. The minimum atomic E-state index is 0.171. The Morgan fingerprint density at radius 3 is 2.78 bits per heavy atom. The molecule has 2 unspecified atom stereocenters. The monoisotopic (exact) mass is 267 g/mol. The Hall–Kier alpha value is -0.380. The van der Waals surface area contributed by atoms with Gasteiger partial charge in [0.05, 0.1) is 6.10 Å². The van der Waals surface area contributed by atoms with Crippen LogP contribution in [0.15, 0.2) is 16.8 Å². The van der Waals surface area contributed by atoms with Crippen LogP contribution in [0.5, 0.6) is 0 Å². The third-order valence-corrected chi connectivity index (χ3v) is 4.67. The predicted octanol–water partition coefficient (Wildman–Crippen LogP) is 3.47. The van der Waals surface area contributed by atoms with Crippen molar-refractivity contribution in [3.8, 4) is 0 Å². The first-order chi connectivity index (χ1) is 8.41. The van der Waals surface area contributed by atoms with Gasteiger partial charge in [-0.1, -0.05) is 0 Å². The molecule has 1 N–H and O–H groups in total. The molecule has 2 rings (SSSR count). The predicted molar refractivity (Wildman–Crippen MR) is 78.2 cm³/mol. The summed E-state index contributed by atoms with van der Waals surface area (Å²) in [5.74, 6) is 0. The van der Waals surface area contributed by atoms with E-state index in [-0.39, 0.29) is 11.0 Å². The van der Waals surface area contributed by atoms with E-state index in [1.165, 1.54) is 5.56 Å². The Balaban J connectivity index is 2.08. The van der Waals surface area contributed by atoms with Crippen LogP contribution >= 0.6 is 11.3 Å². The molecular formula is C15H25NOS. The first kappa shape index (κ1) is 14.0. The normalized spacial score (nSPS) is 28.8. The van der Waals surface area contributed by atoms with Gasteiger partial charge in [0.2, 0.25) is 0 Å². The van der Waals surface area contributed by atoms with Crippen LogP contribution in [0.4, 0.5) is 0 Å². The summed E-state index contributed by atoms with van der Waals surface area (Å²) in [6.45, 7) is 10.8. The van der Waals surface area contributed by atoms with E-state index < -0.39 is 0 Å². The molecule has 0 amide bonds. The van der Waals surface area contributed by atoms with E-state index in [2.05, 4.69) is 49.8 Å². The van der Waals surface area contributed by atoms with Crippen LogP contribution < -0.4 is 5.32 Å². The number of thiophene rings is 1. The van der Waals surface area contributed by atoms with Crippen molar-refractivity contribution >= 4 is 11.3 Å². The topological polar surface area (TPSA) is 21.3 Å². The van der Waals surface area contributed by atoms with Crippen molar-refractivity contribution in [3.05, 3.63) is 22.4 Å². The van der Waals surface area contributed by atoms with E-state index in [1.807, 2.05) is 0 Å². The van der Waals surface area contributed by atoms with Gasteiger partial charge in [-0.05, 0) is 62.9 Å². The maximum atomic E-state index is 5.85. The number of rotatable bonds is 4. The van der Waals surface area contributed by atoms with E-state index in [0.29, 0.717) is 6.10 Å². The highest BCUT2D eigenvalue weighted by Crippen LogP contribution is 2.38. The number of ether oxygens (including phenoxy) is 1. The SMILES string of the molecule is CC1OCCC1(CNC(C)(C)C)Cc1ccsc1. The second kappa shape index (κ2) is 5.32. The third kappa shape index (κ3) is 3.34. The second-order valence-corrected chi connectivity index (χ2v) is 7.32. The molecule has 102 valence electrons. The van der Waals surface area contributed by atoms with Crippen molar-refractivity contribution in [2.24, 2.45) is 5.41 Å². The number of nitrogens with one attached hydrogen (secondary N) is 1. The molecule has 2 atom stereocenters. The van der Waals surface area contributed by atoms with Gasteiger partial charge in [0.25, 0.3) is 0 Å². The highest BCUT2D eigenvalue weighted by molar-refractivity contribution is 7.07. The zero-order chi connectivity index (χ0) is 13.2. The van der Waals surface area contributed by atoms with Crippen LogP contribution in [-0.4, -0.2) is 24.8 Å². The quantitative estimate of drug-likeness (QED) is 0.902. The van der Waals surface area contributed by atoms with Crippen molar-refractivity contribution < 1.29 is 4.74 Å². The molecule has 0 aromatic carbocycles. The van der Waals surface area contributed by atoms with Gasteiger partial charge in [-0.15, -0.1) is 0 Å². The van der Waals surface area contributed by atoms with Crippen molar-refractivity contribution in [1.29, 1.82) is 0 Å². The van der Waals surface area contributed by atoms with E-state index >= 15 is 0 Å². The molecule has 1 aromatic rings. The standard InChI is InChI=1S/C15H25NOS/c1-12-15(6-7-17-12,11-16-14(2,3)4)9-13-5-8-18-10-13/h5,8,10,12,16H,6-7,9,11H2,1-4H3. The van der Waals surface area contributed by atoms with Gasteiger partial charge in [0.1, 0.15) is 0 Å². The lowest BCUT2D eigenvalue weighted by atomic mass is 9.76. The van der Waals surface area contributed by atoms with Crippen molar-refractivity contribution in [2.45, 2.75) is 52.2 Å². The van der Waals surface area contributed by atoms with E-state index in [1.54, 1.807) is 11.3 Å². The Morgan fingerprint density at radius 1 is 1.50 bits per heavy atom. The first-order valence-corrected chi connectivity index (χ1v) is 7.73. The van der Waals surface area contributed by atoms with Crippen molar-refractivity contribution in [2.75, 3.05) is 13.2 Å². The first-order valence-electron chi connectivity index (χ1n) is 6.79. The van der Waals surface area contributed by atoms with Gasteiger partial charge in [-0.3, -0.25) is 0 Å². The average molecular weight is 267 g/mol. The smallest absolute Gasteiger partial charge is 0.0619 e. The van der Waals surface area contributed by atoms with Crippen molar-refractivity contribution in [1.82, 2.24) is 5.32 Å². The summed E-state index contributed by atoms with van der Waals surface area (Å²) in [5.41, 5.74) is 1.88. The molecule has 1 aliphatic rings. The molecule has 0 saturated carbocycles. The van der Waals surface area contributed by atoms with Crippen LogP contribution in [0.3, 0.4) is 0 Å². The van der Waals surface area contributed by atoms with Gasteiger partial charge >= 0.3 is 0 Å². The van der Waals surface area contributed by atoms with Gasteiger partial charge in [0, 0.05) is 24.1 Å². The van der Waals surface area contributed by atoms with Crippen LogP contribution in [0, 0.1) is 5.41 Å². The van der Waals surface area contributed by atoms with E-state index in [9.17, 15) is 0 Å². The highest BCUT2D eigenvalue weighted by atomic mass is 32.1. The molecule has 18 heavy (non-hydrogen) atoms. The zero-order valence-corrected chi connectivity index (χ0v) is 12.8. The van der Waals surface area contributed by atoms with E-state index in [0.717, 1.165) is 26.0 Å².